The summed E-state index contributed by atoms with van der Waals surface area (Å²) in [6, 6.07) is 0. The van der Waals surface area contributed by atoms with Crippen molar-refractivity contribution in [2.45, 2.75) is 452 Å². The molecule has 0 fully saturated rings. The van der Waals surface area contributed by atoms with Gasteiger partial charge in [0, 0.05) is 25.7 Å². The molecule has 5 atom stereocenters. The number of carbonyl (C=O) groups excluding carboxylic acids is 4. The third-order valence-electron chi connectivity index (χ3n) is 19.2. The van der Waals surface area contributed by atoms with Crippen LogP contribution < -0.4 is 0 Å². The lowest BCUT2D eigenvalue weighted by Gasteiger charge is -2.21. The highest BCUT2D eigenvalue weighted by molar-refractivity contribution is 7.47. The molecule has 0 saturated carbocycles. The van der Waals surface area contributed by atoms with Crippen LogP contribution >= 0.6 is 15.6 Å². The van der Waals surface area contributed by atoms with Gasteiger partial charge in [-0.25, -0.2) is 9.13 Å². The van der Waals surface area contributed by atoms with Gasteiger partial charge in [-0.15, -0.1) is 0 Å². The van der Waals surface area contributed by atoms with Crippen LogP contribution in [0.2, 0.25) is 0 Å². The highest BCUT2D eigenvalue weighted by Crippen LogP contribution is 2.45. The second-order valence-corrected chi connectivity index (χ2v) is 33.4. The van der Waals surface area contributed by atoms with Crippen molar-refractivity contribution in [3.63, 3.8) is 0 Å². The fraction of sp³-hybridized carbons (Fsp3) is 0.951. The Bertz CT molecular complexity index is 1940. The Labute approximate surface area is 619 Å². The minimum Gasteiger partial charge on any atom is -0.462 e. The van der Waals surface area contributed by atoms with Crippen LogP contribution in [0.1, 0.15) is 433 Å². The zero-order valence-corrected chi connectivity index (χ0v) is 68.0. The van der Waals surface area contributed by atoms with E-state index >= 15 is 0 Å². The number of esters is 4. The predicted octanol–water partition coefficient (Wildman–Crippen LogP) is 24.7. The van der Waals surface area contributed by atoms with E-state index in [1.54, 1.807) is 0 Å². The van der Waals surface area contributed by atoms with Gasteiger partial charge in [-0.05, 0) is 37.5 Å². The van der Waals surface area contributed by atoms with Gasteiger partial charge in [0.1, 0.15) is 19.3 Å². The molecule has 0 amide bonds. The van der Waals surface area contributed by atoms with E-state index in [9.17, 15) is 43.2 Å². The van der Waals surface area contributed by atoms with Gasteiger partial charge in [-0.2, -0.15) is 0 Å². The highest BCUT2D eigenvalue weighted by Gasteiger charge is 2.30. The molecular weight excluding hydrogens is 1320 g/mol. The van der Waals surface area contributed by atoms with Crippen LogP contribution in [0.3, 0.4) is 0 Å². The number of carbonyl (C=O) groups is 4. The number of aliphatic hydroxyl groups excluding tert-OH is 1. The molecule has 17 nitrogen and oxygen atoms in total. The lowest BCUT2D eigenvalue weighted by Crippen LogP contribution is -2.30. The van der Waals surface area contributed by atoms with Crippen molar-refractivity contribution in [3.05, 3.63) is 0 Å². The van der Waals surface area contributed by atoms with E-state index in [0.29, 0.717) is 25.7 Å². The summed E-state index contributed by atoms with van der Waals surface area (Å²) < 4.78 is 68.7. The molecule has 19 heteroatoms. The van der Waals surface area contributed by atoms with E-state index < -0.39 is 97.5 Å². The second-order valence-electron chi connectivity index (χ2n) is 30.5. The molecule has 0 spiro atoms. The third kappa shape index (κ3) is 76.1. The summed E-state index contributed by atoms with van der Waals surface area (Å²) in [6.07, 6.45) is 63.7. The molecule has 0 bridgehead atoms. The van der Waals surface area contributed by atoms with Crippen LogP contribution in [0.4, 0.5) is 0 Å². The maximum Gasteiger partial charge on any atom is 0.472 e. The van der Waals surface area contributed by atoms with Gasteiger partial charge in [0.25, 0.3) is 0 Å². The zero-order valence-electron chi connectivity index (χ0n) is 66.2. The summed E-state index contributed by atoms with van der Waals surface area (Å²) >= 11 is 0. The van der Waals surface area contributed by atoms with Gasteiger partial charge in [0.2, 0.25) is 0 Å². The first kappa shape index (κ1) is 99.1. The summed E-state index contributed by atoms with van der Waals surface area (Å²) in [5.74, 6) is -0.484. The van der Waals surface area contributed by atoms with Gasteiger partial charge in [-0.1, -0.05) is 382 Å². The number of unbranched alkanes of at least 4 members (excludes halogenated alkanes) is 51. The Kier molecular flexibility index (Phi) is 72.2. The molecule has 0 aliphatic heterocycles. The maximum absolute atomic E-state index is 13.1. The average molecular weight is 1480 g/mol. The fourth-order valence-electron chi connectivity index (χ4n) is 12.7. The van der Waals surface area contributed by atoms with E-state index in [1.807, 2.05) is 0 Å². The molecule has 0 aliphatic rings. The molecule has 0 aromatic heterocycles. The van der Waals surface area contributed by atoms with Gasteiger partial charge < -0.3 is 33.8 Å². The maximum atomic E-state index is 13.1. The minimum atomic E-state index is -4.96. The number of hydrogen-bond donors (Lipinski definition) is 3. The number of phosphoric acid groups is 2. The summed E-state index contributed by atoms with van der Waals surface area (Å²) in [6.45, 7) is 9.70. The SMILES string of the molecule is CCCCCCCCCCCCCCCC(=O)O[C@H](COC(=O)CCCCCCCCCCCC)COP(=O)(O)OC[C@H](O)COP(=O)(O)OC[C@@H](COC(=O)CCCCCCCCCCCCCCCCCCC(C)C)OC(=O)CCCCCCCCCCCCCCCCCCC(C)C. The van der Waals surface area contributed by atoms with E-state index in [2.05, 4.69) is 41.5 Å². The molecular formula is C82H160O17P2. The van der Waals surface area contributed by atoms with Gasteiger partial charge in [-0.3, -0.25) is 37.3 Å². The molecule has 600 valence electrons. The smallest absolute Gasteiger partial charge is 0.462 e. The Morgan fingerprint density at radius 3 is 0.673 bits per heavy atom. The second kappa shape index (κ2) is 73.6. The zero-order chi connectivity index (χ0) is 74.2. The molecule has 0 aromatic carbocycles. The van der Waals surface area contributed by atoms with Gasteiger partial charge in [0.15, 0.2) is 12.2 Å². The molecule has 0 aliphatic carbocycles. The van der Waals surface area contributed by atoms with Crippen molar-refractivity contribution in [1.29, 1.82) is 0 Å². The lowest BCUT2D eigenvalue weighted by molar-refractivity contribution is -0.161. The molecule has 0 rings (SSSR count). The number of rotatable bonds is 81. The Morgan fingerprint density at radius 2 is 0.455 bits per heavy atom. The largest absolute Gasteiger partial charge is 0.472 e. The van der Waals surface area contributed by atoms with Crippen LogP contribution in [0, 0.1) is 11.8 Å². The summed E-state index contributed by atoms with van der Waals surface area (Å²) in [5.41, 5.74) is 0. The first-order valence-electron chi connectivity index (χ1n) is 42.5. The van der Waals surface area contributed by atoms with E-state index in [1.165, 1.54) is 250 Å². The number of aliphatic hydroxyl groups is 1. The molecule has 2 unspecified atom stereocenters. The van der Waals surface area contributed by atoms with Crippen LogP contribution in [-0.4, -0.2) is 96.7 Å². The number of hydrogen-bond acceptors (Lipinski definition) is 15. The van der Waals surface area contributed by atoms with Crippen molar-refractivity contribution in [1.82, 2.24) is 0 Å². The van der Waals surface area contributed by atoms with Gasteiger partial charge >= 0.3 is 39.5 Å². The first-order valence-corrected chi connectivity index (χ1v) is 45.5. The Balaban J connectivity index is 5.22. The summed E-state index contributed by atoms with van der Waals surface area (Å²) in [7, 11) is -9.92. The van der Waals surface area contributed by atoms with Crippen molar-refractivity contribution in [3.8, 4) is 0 Å². The fourth-order valence-corrected chi connectivity index (χ4v) is 14.3. The van der Waals surface area contributed by atoms with Gasteiger partial charge in [0.05, 0.1) is 26.4 Å². The normalized spacial score (nSPS) is 13.9. The predicted molar refractivity (Wildman–Crippen MR) is 414 cm³/mol. The molecule has 0 radical (unpaired) electrons. The van der Waals surface area contributed by atoms with Crippen molar-refractivity contribution < 1.29 is 80.2 Å². The van der Waals surface area contributed by atoms with E-state index in [4.69, 9.17) is 37.0 Å². The summed E-state index contributed by atoms with van der Waals surface area (Å²) in [5, 5.41) is 10.6. The molecule has 0 heterocycles. The molecule has 0 saturated heterocycles. The average Bonchev–Trinajstić information content (AvgIpc) is 1.57. The van der Waals surface area contributed by atoms with Crippen molar-refractivity contribution in [2.75, 3.05) is 39.6 Å². The number of phosphoric ester groups is 2. The third-order valence-corrected chi connectivity index (χ3v) is 21.1. The monoisotopic (exact) mass is 1480 g/mol. The molecule has 3 N–H and O–H groups in total. The minimum absolute atomic E-state index is 0.108. The van der Waals surface area contributed by atoms with Crippen LogP contribution in [0.5, 0.6) is 0 Å². The van der Waals surface area contributed by atoms with E-state index in [0.717, 1.165) is 102 Å². The van der Waals surface area contributed by atoms with Crippen molar-refractivity contribution >= 4 is 39.5 Å². The van der Waals surface area contributed by atoms with Crippen LogP contribution in [-0.2, 0) is 65.4 Å². The Morgan fingerprint density at radius 1 is 0.267 bits per heavy atom. The quantitative estimate of drug-likeness (QED) is 0.0222. The topological polar surface area (TPSA) is 237 Å². The standard InChI is InChI=1S/C82H160O17P2/c1-7-9-11-13-15-17-19-28-36-42-48-54-60-66-81(86)98-77(70-92-79(84)64-58-52-46-40-18-16-14-12-10-8-2)72-96-100(88,89)94-68-76(83)69-95-101(90,91)97-73-78(99-82(87)67-61-55-49-43-37-32-27-23-21-25-30-34-39-45-51-57-63-75(5)6)71-93-80(85)65-59-53-47-41-35-31-26-22-20-24-29-33-38-44-50-56-62-74(3)4/h74-78,83H,7-73H2,1-6H3,(H,88,89)(H,90,91)/t76-,77+,78+/m0/s1. The van der Waals surface area contributed by atoms with Crippen LogP contribution in [0.15, 0.2) is 0 Å². The first-order chi connectivity index (χ1) is 48.9. The molecule has 0 aromatic rings. The lowest BCUT2D eigenvalue weighted by atomic mass is 10.0. The number of ether oxygens (including phenoxy) is 4. The van der Waals surface area contributed by atoms with E-state index in [-0.39, 0.29) is 25.7 Å². The Hall–Kier alpha value is -1.94. The van der Waals surface area contributed by atoms with Crippen LogP contribution in [0.25, 0.3) is 0 Å². The summed E-state index contributed by atoms with van der Waals surface area (Å²) in [4.78, 5) is 73.0. The highest BCUT2D eigenvalue weighted by atomic mass is 31.2. The molecule has 101 heavy (non-hydrogen) atoms. The van der Waals surface area contributed by atoms with Crippen molar-refractivity contribution in [2.24, 2.45) is 11.8 Å².